The van der Waals surface area contributed by atoms with Gasteiger partial charge < -0.3 is 60.3 Å². The van der Waals surface area contributed by atoms with E-state index in [0.717, 1.165) is 40.4 Å². The van der Waals surface area contributed by atoms with Gasteiger partial charge in [-0.25, -0.2) is 0 Å². The van der Waals surface area contributed by atoms with Gasteiger partial charge in [0.15, 0.2) is 0 Å². The van der Waals surface area contributed by atoms with Crippen molar-refractivity contribution in [3.63, 3.8) is 0 Å². The molecule has 0 aliphatic rings. The Morgan fingerprint density at radius 1 is 0.269 bits per heavy atom. The Labute approximate surface area is 436 Å². The Bertz CT molecular complexity index is 929. The van der Waals surface area contributed by atoms with Gasteiger partial charge in [-0.1, -0.05) is 194 Å². The highest BCUT2D eigenvalue weighted by Crippen LogP contribution is 2.21. The maximum absolute atomic E-state index is 6.01. The molecule has 0 N–H and O–H groups in total. The normalized spacial score (nSPS) is 12.2. The van der Waals surface area contributed by atoms with Gasteiger partial charge >= 0.3 is 17.6 Å². The molecule has 0 fully saturated rings. The molecular weight excluding hydrogens is 912 g/mol. The van der Waals surface area contributed by atoms with Crippen LogP contribution >= 0.6 is 0 Å². The zero-order chi connectivity index (χ0) is 48.6. The minimum Gasteiger partial charge on any atom is -1.00 e. The van der Waals surface area contributed by atoms with Gasteiger partial charge in [0.05, 0.1) is 54.4 Å². The second-order valence-corrected chi connectivity index (χ2v) is 26.7. The van der Waals surface area contributed by atoms with Crippen molar-refractivity contribution in [1.82, 2.24) is 0 Å². The van der Waals surface area contributed by atoms with Gasteiger partial charge in [-0.3, -0.25) is 0 Å². The van der Waals surface area contributed by atoms with Gasteiger partial charge in [-0.05, 0) is 46.5 Å². The molecule has 0 aromatic carbocycles. The molecule has 0 rings (SSSR count). The quantitative estimate of drug-likeness (QED) is 0.0344. The molecule has 0 unspecified atom stereocenters. The lowest BCUT2D eigenvalue weighted by Crippen LogP contribution is -3.00. The minimum absolute atomic E-state index is 0. The van der Waals surface area contributed by atoms with E-state index in [1.807, 2.05) is 20.8 Å². The SMILES string of the molecule is CCCCCCCCCCCCCCCCCC[N+](C)(C)CCC[Si](OC)(OC)OC.CCCCCCCCCCCCCCCCCC[N+](C)(C)CCC[Si](OCC)(OCC)OCC.[Cl-].[Cl-]. The van der Waals surface area contributed by atoms with Crippen LogP contribution in [0.15, 0.2) is 0 Å². The van der Waals surface area contributed by atoms with Gasteiger partial charge in [-0.15, -0.1) is 0 Å². The van der Waals surface area contributed by atoms with Crippen LogP contribution in [0.25, 0.3) is 0 Å². The van der Waals surface area contributed by atoms with E-state index >= 15 is 0 Å². The largest absolute Gasteiger partial charge is 1.00 e. The molecule has 12 heteroatoms. The summed E-state index contributed by atoms with van der Waals surface area (Å²) in [5.41, 5.74) is 0. The highest BCUT2D eigenvalue weighted by atomic mass is 35.5. The Kier molecular flexibility index (Phi) is 58.7. The molecule has 0 bridgehead atoms. The number of nitrogens with zero attached hydrogens (tertiary/aromatic N) is 2. The predicted octanol–water partition coefficient (Wildman–Crippen LogP) is 10.4. The topological polar surface area (TPSA) is 55.4 Å². The van der Waals surface area contributed by atoms with Crippen LogP contribution < -0.4 is 24.8 Å². The van der Waals surface area contributed by atoms with Crippen molar-refractivity contribution in [2.24, 2.45) is 0 Å². The van der Waals surface area contributed by atoms with E-state index in [1.165, 1.54) is 225 Å². The zero-order valence-corrected chi connectivity index (χ0v) is 51.0. The van der Waals surface area contributed by atoms with Crippen LogP contribution in [0.5, 0.6) is 0 Å². The molecule has 0 atom stereocenters. The molecule has 8 nitrogen and oxygen atoms in total. The summed E-state index contributed by atoms with van der Waals surface area (Å²) in [6.45, 7) is 17.6. The van der Waals surface area contributed by atoms with Gasteiger partial charge in [0, 0.05) is 66.1 Å². The highest BCUT2D eigenvalue weighted by Gasteiger charge is 2.40. The smallest absolute Gasteiger partial charge is 0.501 e. The number of halogens is 2. The van der Waals surface area contributed by atoms with Crippen LogP contribution in [-0.2, 0) is 26.6 Å². The van der Waals surface area contributed by atoms with Gasteiger partial charge in [0.2, 0.25) is 0 Å². The summed E-state index contributed by atoms with van der Waals surface area (Å²) in [4.78, 5) is 0. The molecule has 0 aliphatic carbocycles. The number of rotatable bonds is 51. The lowest BCUT2D eigenvalue weighted by atomic mass is 10.0. The van der Waals surface area contributed by atoms with Crippen LogP contribution in [0.3, 0.4) is 0 Å². The van der Waals surface area contributed by atoms with Gasteiger partial charge in [0.25, 0.3) is 0 Å². The maximum Gasteiger partial charge on any atom is 0.501 e. The molecule has 0 saturated carbocycles. The fourth-order valence-corrected chi connectivity index (χ4v) is 13.7. The summed E-state index contributed by atoms with van der Waals surface area (Å²) in [5, 5.41) is 0. The van der Waals surface area contributed by atoms with Crippen molar-refractivity contribution in [3.05, 3.63) is 0 Å². The predicted molar refractivity (Wildman–Crippen MR) is 289 cm³/mol. The molecule has 0 aromatic heterocycles. The molecule has 0 radical (unpaired) electrons. The van der Waals surface area contributed by atoms with Crippen LogP contribution in [0.4, 0.5) is 0 Å². The number of hydrogen-bond acceptors (Lipinski definition) is 6. The molecule has 0 aromatic rings. The standard InChI is InChI=1S/C29H64NO3Si.C26H58NO3Si.2ClH/c1-7-11-12-13-14-15-16-17-18-19-20-21-22-23-24-25-27-30(5,6)28-26-29-34(31-8-2,32-9-3)33-10-4;1-7-8-9-10-11-12-13-14-15-16-17-18-19-20-21-22-24-27(2,3)25-23-26-31(28-4,29-5)30-6;;/h7-29H2,1-6H3;7-26H2,1-6H3;2*1H/q2*+1;;/p-2. The summed E-state index contributed by atoms with van der Waals surface area (Å²) >= 11 is 0. The average molecular weight is 1030 g/mol. The van der Waals surface area contributed by atoms with E-state index in [9.17, 15) is 0 Å². The molecule has 0 saturated heterocycles. The molecular formula is C55H122Cl2N2O6Si2. The summed E-state index contributed by atoms with van der Waals surface area (Å²) in [7, 11) is 9.67. The molecule has 0 aliphatic heterocycles. The Balaban J connectivity index is -0.000000577. The fourth-order valence-electron chi connectivity index (χ4n) is 9.40. The van der Waals surface area contributed by atoms with Crippen molar-refractivity contribution < 1.29 is 60.3 Å². The Morgan fingerprint density at radius 3 is 0.672 bits per heavy atom. The van der Waals surface area contributed by atoms with Crippen molar-refractivity contribution >= 4 is 17.6 Å². The van der Waals surface area contributed by atoms with E-state index < -0.39 is 17.6 Å². The summed E-state index contributed by atoms with van der Waals surface area (Å²) in [5.74, 6) is 0. The number of quaternary nitrogens is 2. The number of unbranched alkanes of at least 4 members (excludes halogenated alkanes) is 30. The second-order valence-electron chi connectivity index (χ2n) is 20.9. The number of hydrogen-bond donors (Lipinski definition) is 0. The Morgan fingerprint density at radius 2 is 0.463 bits per heavy atom. The van der Waals surface area contributed by atoms with Crippen molar-refractivity contribution in [1.29, 1.82) is 0 Å². The monoisotopic (exact) mass is 1030 g/mol. The van der Waals surface area contributed by atoms with E-state index in [1.54, 1.807) is 21.3 Å². The van der Waals surface area contributed by atoms with E-state index in [-0.39, 0.29) is 24.8 Å². The molecule has 0 heterocycles. The van der Waals surface area contributed by atoms with Crippen molar-refractivity contribution in [2.45, 2.75) is 265 Å². The molecule has 67 heavy (non-hydrogen) atoms. The van der Waals surface area contributed by atoms with Crippen LogP contribution in [0, 0.1) is 0 Å². The average Bonchev–Trinajstić information content (AvgIpc) is 3.28. The maximum atomic E-state index is 6.01. The lowest BCUT2D eigenvalue weighted by Gasteiger charge is -2.32. The molecule has 410 valence electrons. The first-order valence-corrected chi connectivity index (χ1v) is 32.5. The fraction of sp³-hybridized carbons (Fsp3) is 1.00. The van der Waals surface area contributed by atoms with E-state index in [4.69, 9.17) is 26.6 Å². The van der Waals surface area contributed by atoms with Crippen LogP contribution in [-0.4, -0.2) is 122 Å². The third-order valence-corrected chi connectivity index (χ3v) is 19.7. The zero-order valence-electron chi connectivity index (χ0n) is 47.5. The first-order valence-electron chi connectivity index (χ1n) is 28.6. The third kappa shape index (κ3) is 48.7. The minimum atomic E-state index is -2.48. The first kappa shape index (κ1) is 74.2. The Hall–Kier alpha value is 0.694. The third-order valence-electron chi connectivity index (χ3n) is 13.8. The van der Waals surface area contributed by atoms with Crippen LogP contribution in [0.2, 0.25) is 12.1 Å². The van der Waals surface area contributed by atoms with Gasteiger partial charge in [-0.2, -0.15) is 0 Å². The molecule has 0 amide bonds. The van der Waals surface area contributed by atoms with E-state index in [2.05, 4.69) is 42.0 Å². The van der Waals surface area contributed by atoms with Crippen molar-refractivity contribution in [2.75, 3.05) is 95.5 Å². The second kappa shape index (κ2) is 53.0. The highest BCUT2D eigenvalue weighted by molar-refractivity contribution is 6.61. The summed E-state index contributed by atoms with van der Waals surface area (Å²) in [6.07, 6.45) is 48.0. The van der Waals surface area contributed by atoms with Gasteiger partial charge in [0.1, 0.15) is 0 Å². The first-order chi connectivity index (χ1) is 31.4. The van der Waals surface area contributed by atoms with E-state index in [0.29, 0.717) is 19.8 Å². The molecule has 0 spiro atoms. The van der Waals surface area contributed by atoms with Crippen molar-refractivity contribution in [3.8, 4) is 0 Å². The summed E-state index contributed by atoms with van der Waals surface area (Å²) in [6, 6.07) is 1.83. The van der Waals surface area contributed by atoms with Crippen LogP contribution in [0.1, 0.15) is 253 Å². The lowest BCUT2D eigenvalue weighted by molar-refractivity contribution is -0.890. The summed E-state index contributed by atoms with van der Waals surface area (Å²) < 4.78 is 36.8.